The number of aromatic nitrogens is 1. The molecule has 2 aromatic rings. The standard InChI is InChI=1S/C22H27N3O2/c26-14-13-24(16-17-5-4-11-23-15-17)21-10-12-25(22(21)27)20-9-3-7-18-6-1-2-8-19(18)20/h1-2,4-6,8,11,15,20-21,26H,3,7,9-10,12-14,16H2. The van der Waals surface area contributed by atoms with Crippen LogP contribution in [0.25, 0.3) is 0 Å². The van der Waals surface area contributed by atoms with E-state index in [1.807, 2.05) is 18.3 Å². The third kappa shape index (κ3) is 3.75. The van der Waals surface area contributed by atoms with Crippen LogP contribution in [0.2, 0.25) is 0 Å². The third-order valence-electron chi connectivity index (χ3n) is 5.86. The second-order valence-corrected chi connectivity index (χ2v) is 7.50. The van der Waals surface area contributed by atoms with Crippen LogP contribution in [0.5, 0.6) is 0 Å². The van der Waals surface area contributed by atoms with Crippen LogP contribution in [0.4, 0.5) is 0 Å². The summed E-state index contributed by atoms with van der Waals surface area (Å²) in [6.45, 7) is 1.98. The number of fused-ring (bicyclic) bond motifs is 1. The molecule has 5 nitrogen and oxygen atoms in total. The summed E-state index contributed by atoms with van der Waals surface area (Å²) in [6.07, 6.45) is 7.68. The topological polar surface area (TPSA) is 56.7 Å². The smallest absolute Gasteiger partial charge is 0.240 e. The van der Waals surface area contributed by atoms with Crippen LogP contribution in [0, 0.1) is 0 Å². The highest BCUT2D eigenvalue weighted by atomic mass is 16.3. The number of rotatable bonds is 6. The summed E-state index contributed by atoms with van der Waals surface area (Å²) >= 11 is 0. The Bertz CT molecular complexity index is 780. The fraction of sp³-hybridized carbons (Fsp3) is 0.455. The minimum absolute atomic E-state index is 0.0519. The molecule has 1 N–H and O–H groups in total. The van der Waals surface area contributed by atoms with E-state index in [4.69, 9.17) is 0 Å². The molecule has 1 aromatic carbocycles. The van der Waals surface area contributed by atoms with E-state index in [1.54, 1.807) is 6.20 Å². The van der Waals surface area contributed by atoms with Gasteiger partial charge in [-0.05, 0) is 48.4 Å². The molecule has 142 valence electrons. The van der Waals surface area contributed by atoms with Gasteiger partial charge in [0.1, 0.15) is 0 Å². The lowest BCUT2D eigenvalue weighted by Gasteiger charge is -2.34. The molecule has 27 heavy (non-hydrogen) atoms. The molecule has 4 rings (SSSR count). The number of hydrogen-bond acceptors (Lipinski definition) is 4. The number of carbonyl (C=O) groups excluding carboxylic acids is 1. The van der Waals surface area contributed by atoms with Crippen molar-refractivity contribution in [2.75, 3.05) is 19.7 Å². The van der Waals surface area contributed by atoms with E-state index in [2.05, 4.69) is 39.0 Å². The van der Waals surface area contributed by atoms with Gasteiger partial charge in [0, 0.05) is 32.0 Å². The summed E-state index contributed by atoms with van der Waals surface area (Å²) in [7, 11) is 0. The Morgan fingerprint density at radius 2 is 2.07 bits per heavy atom. The molecule has 1 saturated heterocycles. The zero-order valence-electron chi connectivity index (χ0n) is 15.6. The molecule has 0 spiro atoms. The molecule has 0 bridgehead atoms. The van der Waals surface area contributed by atoms with Gasteiger partial charge < -0.3 is 10.0 Å². The number of amides is 1. The Morgan fingerprint density at radius 3 is 2.89 bits per heavy atom. The maximum absolute atomic E-state index is 13.3. The number of aryl methyl sites for hydroxylation is 1. The van der Waals surface area contributed by atoms with Crippen LogP contribution in [0.3, 0.4) is 0 Å². The van der Waals surface area contributed by atoms with Crippen LogP contribution in [0.15, 0.2) is 48.8 Å². The summed E-state index contributed by atoms with van der Waals surface area (Å²) in [6, 6.07) is 12.5. The molecule has 2 heterocycles. The zero-order valence-corrected chi connectivity index (χ0v) is 15.6. The molecule has 5 heteroatoms. The van der Waals surface area contributed by atoms with E-state index >= 15 is 0 Å². The Balaban J connectivity index is 1.52. The Hall–Kier alpha value is -2.24. The highest BCUT2D eigenvalue weighted by Gasteiger charge is 2.40. The van der Waals surface area contributed by atoms with Gasteiger partial charge in [-0.3, -0.25) is 14.7 Å². The van der Waals surface area contributed by atoms with E-state index in [-0.39, 0.29) is 24.6 Å². The minimum atomic E-state index is -0.161. The van der Waals surface area contributed by atoms with E-state index in [9.17, 15) is 9.90 Å². The summed E-state index contributed by atoms with van der Waals surface area (Å²) in [5, 5.41) is 9.52. The van der Waals surface area contributed by atoms with Gasteiger partial charge >= 0.3 is 0 Å². The number of aliphatic hydroxyl groups is 1. The summed E-state index contributed by atoms with van der Waals surface area (Å²) in [5.41, 5.74) is 3.77. The van der Waals surface area contributed by atoms with Crippen molar-refractivity contribution in [2.45, 2.75) is 44.3 Å². The van der Waals surface area contributed by atoms with Crippen molar-refractivity contribution in [2.24, 2.45) is 0 Å². The number of pyridine rings is 1. The molecule has 1 aliphatic carbocycles. The van der Waals surface area contributed by atoms with Crippen molar-refractivity contribution >= 4 is 5.91 Å². The summed E-state index contributed by atoms with van der Waals surface area (Å²) < 4.78 is 0. The molecule has 0 saturated carbocycles. The molecule has 2 unspecified atom stereocenters. The highest BCUT2D eigenvalue weighted by Crippen LogP contribution is 2.37. The average molecular weight is 365 g/mol. The van der Waals surface area contributed by atoms with Gasteiger partial charge in [-0.15, -0.1) is 0 Å². The first-order chi connectivity index (χ1) is 13.3. The second-order valence-electron chi connectivity index (χ2n) is 7.50. The highest BCUT2D eigenvalue weighted by molar-refractivity contribution is 5.84. The van der Waals surface area contributed by atoms with Gasteiger partial charge in [0.05, 0.1) is 18.7 Å². The first kappa shape index (κ1) is 18.1. The maximum atomic E-state index is 13.3. The van der Waals surface area contributed by atoms with Crippen LogP contribution < -0.4 is 0 Å². The average Bonchev–Trinajstić information content (AvgIpc) is 3.09. The summed E-state index contributed by atoms with van der Waals surface area (Å²) in [5.74, 6) is 0.203. The van der Waals surface area contributed by atoms with Crippen molar-refractivity contribution in [3.63, 3.8) is 0 Å². The number of nitrogens with zero attached hydrogens (tertiary/aromatic N) is 3. The molecule has 1 amide bonds. The van der Waals surface area contributed by atoms with Gasteiger partial charge in [0.25, 0.3) is 0 Å². The predicted molar refractivity (Wildman–Crippen MR) is 104 cm³/mol. The molecular weight excluding hydrogens is 338 g/mol. The molecule has 0 radical (unpaired) electrons. The normalized spacial score (nSPS) is 22.3. The van der Waals surface area contributed by atoms with Gasteiger partial charge in [-0.2, -0.15) is 0 Å². The Kier molecular flexibility index (Phi) is 5.50. The molecule has 1 aromatic heterocycles. The molecular formula is C22H27N3O2. The number of benzene rings is 1. The van der Waals surface area contributed by atoms with Crippen LogP contribution in [0.1, 0.15) is 42.0 Å². The minimum Gasteiger partial charge on any atom is -0.395 e. The van der Waals surface area contributed by atoms with E-state index in [0.717, 1.165) is 37.8 Å². The number of carbonyl (C=O) groups is 1. The zero-order chi connectivity index (χ0) is 18.6. The summed E-state index contributed by atoms with van der Waals surface area (Å²) in [4.78, 5) is 21.7. The van der Waals surface area contributed by atoms with Crippen molar-refractivity contribution in [1.29, 1.82) is 0 Å². The van der Waals surface area contributed by atoms with Crippen molar-refractivity contribution in [3.8, 4) is 0 Å². The van der Waals surface area contributed by atoms with Crippen molar-refractivity contribution in [3.05, 3.63) is 65.5 Å². The third-order valence-corrected chi connectivity index (χ3v) is 5.86. The Morgan fingerprint density at radius 1 is 1.19 bits per heavy atom. The van der Waals surface area contributed by atoms with Crippen molar-refractivity contribution < 1.29 is 9.90 Å². The lowest BCUT2D eigenvalue weighted by atomic mass is 9.87. The number of hydrogen-bond donors (Lipinski definition) is 1. The Labute approximate surface area is 160 Å². The first-order valence-corrected chi connectivity index (χ1v) is 9.90. The van der Waals surface area contributed by atoms with Crippen LogP contribution >= 0.6 is 0 Å². The molecule has 1 fully saturated rings. The SMILES string of the molecule is O=C1C(N(CCO)Cc2cccnc2)CCN1C1CCCc2ccccc21. The quantitative estimate of drug-likeness (QED) is 0.855. The number of aliphatic hydroxyl groups excluding tert-OH is 1. The molecule has 2 atom stereocenters. The molecule has 1 aliphatic heterocycles. The maximum Gasteiger partial charge on any atom is 0.240 e. The van der Waals surface area contributed by atoms with E-state index in [0.29, 0.717) is 13.1 Å². The van der Waals surface area contributed by atoms with Crippen LogP contribution in [-0.2, 0) is 17.8 Å². The fourth-order valence-corrected chi connectivity index (χ4v) is 4.59. The predicted octanol–water partition coefficient (Wildman–Crippen LogP) is 2.55. The monoisotopic (exact) mass is 365 g/mol. The van der Waals surface area contributed by atoms with Crippen molar-refractivity contribution in [1.82, 2.24) is 14.8 Å². The lowest BCUT2D eigenvalue weighted by Crippen LogP contribution is -2.44. The van der Waals surface area contributed by atoms with Gasteiger partial charge in [-0.1, -0.05) is 30.3 Å². The first-order valence-electron chi connectivity index (χ1n) is 9.90. The van der Waals surface area contributed by atoms with Gasteiger partial charge in [0.2, 0.25) is 5.91 Å². The second kappa shape index (κ2) is 8.19. The van der Waals surface area contributed by atoms with Gasteiger partial charge in [-0.25, -0.2) is 0 Å². The van der Waals surface area contributed by atoms with E-state index in [1.165, 1.54) is 11.1 Å². The van der Waals surface area contributed by atoms with Crippen LogP contribution in [-0.4, -0.2) is 51.5 Å². The fourth-order valence-electron chi connectivity index (χ4n) is 4.59. The largest absolute Gasteiger partial charge is 0.395 e. The van der Waals surface area contributed by atoms with E-state index < -0.39 is 0 Å². The lowest BCUT2D eigenvalue weighted by molar-refractivity contribution is -0.134. The molecule has 2 aliphatic rings. The van der Waals surface area contributed by atoms with Gasteiger partial charge in [0.15, 0.2) is 0 Å². The number of likely N-dealkylation sites (tertiary alicyclic amines) is 1.